The van der Waals surface area contributed by atoms with Gasteiger partial charge in [0.2, 0.25) is 5.76 Å². The number of carbonyl (C=O) groups is 1. The highest BCUT2D eigenvalue weighted by molar-refractivity contribution is 5.84. The Morgan fingerprint density at radius 1 is 1.42 bits per heavy atom. The van der Waals surface area contributed by atoms with E-state index in [1.54, 1.807) is 0 Å². The molecule has 0 saturated heterocycles. The van der Waals surface area contributed by atoms with Gasteiger partial charge in [-0.05, 0) is 12.1 Å². The third-order valence-corrected chi connectivity index (χ3v) is 2.57. The number of nitrogens with zero attached hydrogens (tertiary/aromatic N) is 4. The van der Waals surface area contributed by atoms with Gasteiger partial charge in [-0.15, -0.1) is 5.10 Å². The van der Waals surface area contributed by atoms with Crippen LogP contribution in [0.15, 0.2) is 39.9 Å². The Morgan fingerprint density at radius 2 is 2.26 bits per heavy atom. The standard InChI is InChI=1S/C11H8N4O4/c16-10(17)8-2-1-7(19-8)6-15-11(18)14-4-3-12-5-9(14)13-15/h1-5H,6H2,(H,16,17). The lowest BCUT2D eigenvalue weighted by Crippen LogP contribution is -2.21. The third kappa shape index (κ3) is 1.88. The number of fused-ring (bicyclic) bond motifs is 1. The molecule has 0 aliphatic carbocycles. The number of hydrogen-bond acceptors (Lipinski definition) is 5. The van der Waals surface area contributed by atoms with E-state index in [9.17, 15) is 9.59 Å². The highest BCUT2D eigenvalue weighted by Crippen LogP contribution is 2.08. The molecule has 0 amide bonds. The molecule has 0 saturated carbocycles. The lowest BCUT2D eigenvalue weighted by Gasteiger charge is -1.94. The highest BCUT2D eigenvalue weighted by Gasteiger charge is 2.12. The lowest BCUT2D eigenvalue weighted by atomic mass is 10.4. The summed E-state index contributed by atoms with van der Waals surface area (Å²) in [6, 6.07) is 2.83. The second-order valence-corrected chi connectivity index (χ2v) is 3.82. The van der Waals surface area contributed by atoms with Crippen molar-refractivity contribution in [1.29, 1.82) is 0 Å². The van der Waals surface area contributed by atoms with Crippen molar-refractivity contribution in [3.63, 3.8) is 0 Å². The molecule has 3 aromatic heterocycles. The fourth-order valence-corrected chi connectivity index (χ4v) is 1.71. The van der Waals surface area contributed by atoms with Crippen LogP contribution in [-0.4, -0.2) is 30.2 Å². The summed E-state index contributed by atoms with van der Waals surface area (Å²) < 4.78 is 7.60. The van der Waals surface area contributed by atoms with E-state index in [0.717, 1.165) is 0 Å². The quantitative estimate of drug-likeness (QED) is 0.723. The minimum atomic E-state index is -1.15. The van der Waals surface area contributed by atoms with Crippen LogP contribution in [0.3, 0.4) is 0 Å². The minimum absolute atomic E-state index is 0.0633. The summed E-state index contributed by atoms with van der Waals surface area (Å²) >= 11 is 0. The van der Waals surface area contributed by atoms with Gasteiger partial charge < -0.3 is 9.52 Å². The molecule has 3 heterocycles. The van der Waals surface area contributed by atoms with E-state index in [-0.39, 0.29) is 18.0 Å². The van der Waals surface area contributed by atoms with Crippen molar-refractivity contribution in [3.05, 3.63) is 52.7 Å². The zero-order chi connectivity index (χ0) is 13.4. The summed E-state index contributed by atoms with van der Waals surface area (Å²) in [6.07, 6.45) is 4.45. The van der Waals surface area contributed by atoms with Crippen molar-refractivity contribution in [2.45, 2.75) is 6.54 Å². The van der Waals surface area contributed by atoms with Crippen LogP contribution in [0, 0.1) is 0 Å². The van der Waals surface area contributed by atoms with Crippen molar-refractivity contribution >= 4 is 11.6 Å². The second kappa shape index (κ2) is 4.09. The van der Waals surface area contributed by atoms with Crippen molar-refractivity contribution in [3.8, 4) is 0 Å². The molecule has 0 bridgehead atoms. The first-order chi connectivity index (χ1) is 9.15. The van der Waals surface area contributed by atoms with Gasteiger partial charge in [0.25, 0.3) is 0 Å². The van der Waals surface area contributed by atoms with E-state index in [4.69, 9.17) is 9.52 Å². The number of carboxylic acid groups (broad SMARTS) is 1. The molecule has 0 unspecified atom stereocenters. The molecule has 19 heavy (non-hydrogen) atoms. The molecular formula is C11H8N4O4. The molecule has 0 atom stereocenters. The van der Waals surface area contributed by atoms with Crippen LogP contribution in [-0.2, 0) is 6.54 Å². The van der Waals surface area contributed by atoms with Gasteiger partial charge in [-0.3, -0.25) is 4.98 Å². The van der Waals surface area contributed by atoms with Gasteiger partial charge in [0, 0.05) is 12.4 Å². The summed E-state index contributed by atoms with van der Waals surface area (Å²) in [4.78, 5) is 26.5. The van der Waals surface area contributed by atoms with Gasteiger partial charge in [0.1, 0.15) is 12.3 Å². The Bertz CT molecular complexity index is 813. The monoisotopic (exact) mass is 260 g/mol. The Hall–Kier alpha value is -2.90. The van der Waals surface area contributed by atoms with Crippen molar-refractivity contribution in [2.24, 2.45) is 0 Å². The first kappa shape index (κ1) is 11.2. The van der Waals surface area contributed by atoms with Crippen LogP contribution in [0.25, 0.3) is 5.65 Å². The predicted molar refractivity (Wildman–Crippen MR) is 62.0 cm³/mol. The SMILES string of the molecule is O=C(O)c1ccc(Cn2nc3cnccn3c2=O)o1. The molecule has 3 aromatic rings. The molecule has 1 N–H and O–H groups in total. The van der Waals surface area contributed by atoms with E-state index >= 15 is 0 Å². The first-order valence-corrected chi connectivity index (χ1v) is 5.36. The number of carboxylic acids is 1. The van der Waals surface area contributed by atoms with E-state index in [0.29, 0.717) is 11.4 Å². The predicted octanol–water partition coefficient (Wildman–Crippen LogP) is 0.230. The number of aromatic nitrogens is 4. The van der Waals surface area contributed by atoms with Crippen LogP contribution < -0.4 is 5.69 Å². The molecule has 0 fully saturated rings. The molecular weight excluding hydrogens is 252 g/mol. The summed E-state index contributed by atoms with van der Waals surface area (Å²) in [5.74, 6) is -0.984. The number of hydrogen-bond donors (Lipinski definition) is 1. The van der Waals surface area contributed by atoms with Crippen LogP contribution >= 0.6 is 0 Å². The van der Waals surface area contributed by atoms with E-state index < -0.39 is 5.97 Å². The molecule has 96 valence electrons. The maximum atomic E-state index is 12.0. The van der Waals surface area contributed by atoms with Gasteiger partial charge in [0.15, 0.2) is 5.65 Å². The zero-order valence-electron chi connectivity index (χ0n) is 9.55. The van der Waals surface area contributed by atoms with Crippen LogP contribution in [0.1, 0.15) is 16.3 Å². The minimum Gasteiger partial charge on any atom is -0.475 e. The van der Waals surface area contributed by atoms with Crippen LogP contribution in [0.4, 0.5) is 0 Å². The Balaban J connectivity index is 1.98. The third-order valence-electron chi connectivity index (χ3n) is 2.57. The molecule has 8 heteroatoms. The van der Waals surface area contributed by atoms with Gasteiger partial charge in [0.05, 0.1) is 6.20 Å². The summed E-state index contributed by atoms with van der Waals surface area (Å²) in [5, 5.41) is 12.8. The summed E-state index contributed by atoms with van der Waals surface area (Å²) in [6.45, 7) is 0.0633. The van der Waals surface area contributed by atoms with E-state index in [1.807, 2.05) is 0 Å². The molecule has 3 rings (SSSR count). The van der Waals surface area contributed by atoms with Crippen molar-refractivity contribution in [1.82, 2.24) is 19.2 Å². The van der Waals surface area contributed by atoms with Crippen molar-refractivity contribution in [2.75, 3.05) is 0 Å². The Labute approximate surface area is 105 Å². The maximum absolute atomic E-state index is 12.0. The topological polar surface area (TPSA) is 103 Å². The van der Waals surface area contributed by atoms with E-state index in [2.05, 4.69) is 10.1 Å². The first-order valence-electron chi connectivity index (χ1n) is 5.36. The van der Waals surface area contributed by atoms with Gasteiger partial charge >= 0.3 is 11.7 Å². The van der Waals surface area contributed by atoms with Gasteiger partial charge in [-0.1, -0.05) is 0 Å². The normalized spacial score (nSPS) is 10.9. The number of rotatable bonds is 3. The van der Waals surface area contributed by atoms with Crippen LogP contribution in [0.2, 0.25) is 0 Å². The molecule has 0 spiro atoms. The number of aromatic carboxylic acids is 1. The van der Waals surface area contributed by atoms with Crippen LogP contribution in [0.5, 0.6) is 0 Å². The fraction of sp³-hybridized carbons (Fsp3) is 0.0909. The van der Waals surface area contributed by atoms with Gasteiger partial charge in [-0.2, -0.15) is 0 Å². The average Bonchev–Trinajstić information content (AvgIpc) is 2.97. The lowest BCUT2D eigenvalue weighted by molar-refractivity contribution is 0.0660. The largest absolute Gasteiger partial charge is 0.475 e. The average molecular weight is 260 g/mol. The van der Waals surface area contributed by atoms with E-state index in [1.165, 1.54) is 39.8 Å². The number of furan rings is 1. The molecule has 0 aromatic carbocycles. The molecule has 0 aliphatic rings. The second-order valence-electron chi connectivity index (χ2n) is 3.82. The Kier molecular flexibility index (Phi) is 2.41. The fourth-order valence-electron chi connectivity index (χ4n) is 1.71. The molecule has 0 radical (unpaired) electrons. The Morgan fingerprint density at radius 3 is 2.95 bits per heavy atom. The summed E-state index contributed by atoms with van der Waals surface area (Å²) in [7, 11) is 0. The zero-order valence-corrected chi connectivity index (χ0v) is 9.55. The highest BCUT2D eigenvalue weighted by atomic mass is 16.4. The van der Waals surface area contributed by atoms with Crippen molar-refractivity contribution < 1.29 is 14.3 Å². The molecule has 0 aliphatic heterocycles. The van der Waals surface area contributed by atoms with Gasteiger partial charge in [-0.25, -0.2) is 18.7 Å². The maximum Gasteiger partial charge on any atom is 0.371 e. The smallest absolute Gasteiger partial charge is 0.371 e. The molecule has 8 nitrogen and oxygen atoms in total. The summed E-state index contributed by atoms with van der Waals surface area (Å²) in [5.41, 5.74) is 0.0724.